The second-order valence-electron chi connectivity index (χ2n) is 4.76. The highest BCUT2D eigenvalue weighted by atomic mass is 15.1. The average Bonchev–Trinajstić information content (AvgIpc) is 2.35. The van der Waals surface area contributed by atoms with Gasteiger partial charge >= 0.3 is 0 Å². The Morgan fingerprint density at radius 1 is 1.18 bits per heavy atom. The molecule has 96 valence electrons. The number of hydrogen-bond donors (Lipinski definition) is 1. The lowest BCUT2D eigenvalue weighted by Crippen LogP contribution is -2.29. The van der Waals surface area contributed by atoms with Crippen LogP contribution in [0.2, 0.25) is 0 Å². The van der Waals surface area contributed by atoms with Crippen molar-refractivity contribution in [1.82, 2.24) is 0 Å². The van der Waals surface area contributed by atoms with Crippen molar-refractivity contribution >= 4 is 11.4 Å². The maximum atomic E-state index is 5.87. The lowest BCUT2D eigenvalue weighted by Gasteiger charge is -2.28. The molecule has 1 aromatic rings. The lowest BCUT2D eigenvalue weighted by atomic mass is 10.0. The largest absolute Gasteiger partial charge is 0.399 e. The number of aryl methyl sites for hydroxylation is 1. The number of nitrogens with zero attached hydrogens (tertiary/aromatic N) is 1. The standard InChI is InChI=1S/C15H26N2/c1-5-13(6-2)11-17(7-3)14-8-9-15(16)12(4)10-14/h8-10,13H,5-7,11,16H2,1-4H3. The van der Waals surface area contributed by atoms with Gasteiger partial charge in [0.15, 0.2) is 0 Å². The zero-order valence-corrected chi connectivity index (χ0v) is 11.7. The molecule has 0 saturated carbocycles. The number of benzene rings is 1. The van der Waals surface area contributed by atoms with E-state index in [0.29, 0.717) is 0 Å². The van der Waals surface area contributed by atoms with E-state index < -0.39 is 0 Å². The van der Waals surface area contributed by atoms with Crippen molar-refractivity contribution in [3.8, 4) is 0 Å². The molecule has 0 spiro atoms. The third-order valence-electron chi connectivity index (χ3n) is 3.63. The van der Waals surface area contributed by atoms with Gasteiger partial charge in [-0.05, 0) is 43.5 Å². The summed E-state index contributed by atoms with van der Waals surface area (Å²) in [6.07, 6.45) is 2.50. The maximum absolute atomic E-state index is 5.87. The van der Waals surface area contributed by atoms with Crippen LogP contribution in [0.3, 0.4) is 0 Å². The Balaban J connectivity index is 2.82. The van der Waals surface area contributed by atoms with E-state index >= 15 is 0 Å². The molecule has 0 radical (unpaired) electrons. The number of nitrogens with two attached hydrogens (primary N) is 1. The summed E-state index contributed by atoms with van der Waals surface area (Å²) in [5.41, 5.74) is 9.22. The number of anilines is 2. The Morgan fingerprint density at radius 3 is 2.29 bits per heavy atom. The molecule has 0 amide bonds. The second-order valence-corrected chi connectivity index (χ2v) is 4.76. The molecule has 0 unspecified atom stereocenters. The molecule has 1 aromatic carbocycles. The van der Waals surface area contributed by atoms with Crippen LogP contribution >= 0.6 is 0 Å². The molecule has 0 aliphatic carbocycles. The van der Waals surface area contributed by atoms with E-state index in [1.807, 2.05) is 6.07 Å². The predicted octanol–water partition coefficient (Wildman–Crippen LogP) is 3.84. The fourth-order valence-electron chi connectivity index (χ4n) is 2.13. The molecule has 0 bridgehead atoms. The van der Waals surface area contributed by atoms with Gasteiger partial charge in [-0.3, -0.25) is 0 Å². The first-order valence-corrected chi connectivity index (χ1v) is 6.73. The summed E-state index contributed by atoms with van der Waals surface area (Å²) in [4.78, 5) is 2.45. The van der Waals surface area contributed by atoms with Crippen molar-refractivity contribution in [3.63, 3.8) is 0 Å². The van der Waals surface area contributed by atoms with E-state index in [-0.39, 0.29) is 0 Å². The summed E-state index contributed by atoms with van der Waals surface area (Å²) in [6, 6.07) is 6.34. The van der Waals surface area contributed by atoms with Crippen molar-refractivity contribution in [2.45, 2.75) is 40.5 Å². The summed E-state index contributed by atoms with van der Waals surface area (Å²) in [6.45, 7) is 11.0. The van der Waals surface area contributed by atoms with E-state index in [4.69, 9.17) is 5.73 Å². The van der Waals surface area contributed by atoms with Crippen molar-refractivity contribution in [1.29, 1.82) is 0 Å². The van der Waals surface area contributed by atoms with Crippen LogP contribution in [0.5, 0.6) is 0 Å². The molecule has 2 heteroatoms. The Morgan fingerprint density at radius 2 is 1.82 bits per heavy atom. The highest BCUT2D eigenvalue weighted by Gasteiger charge is 2.11. The highest BCUT2D eigenvalue weighted by Crippen LogP contribution is 2.22. The minimum absolute atomic E-state index is 0.785. The van der Waals surface area contributed by atoms with Gasteiger partial charge in [-0.25, -0.2) is 0 Å². The Bertz CT molecular complexity index is 343. The van der Waals surface area contributed by atoms with Gasteiger partial charge in [0, 0.05) is 24.5 Å². The summed E-state index contributed by atoms with van der Waals surface area (Å²) in [5.74, 6) is 0.785. The van der Waals surface area contributed by atoms with Crippen LogP contribution in [0.25, 0.3) is 0 Å². The number of hydrogen-bond acceptors (Lipinski definition) is 2. The molecule has 0 saturated heterocycles. The molecular weight excluding hydrogens is 208 g/mol. The van der Waals surface area contributed by atoms with Gasteiger partial charge in [0.1, 0.15) is 0 Å². The van der Waals surface area contributed by atoms with E-state index in [1.165, 1.54) is 24.1 Å². The Kier molecular flexibility index (Phi) is 5.33. The van der Waals surface area contributed by atoms with Crippen LogP contribution in [-0.2, 0) is 0 Å². The smallest absolute Gasteiger partial charge is 0.0370 e. The van der Waals surface area contributed by atoms with Gasteiger partial charge in [0.2, 0.25) is 0 Å². The van der Waals surface area contributed by atoms with Crippen molar-refractivity contribution in [3.05, 3.63) is 23.8 Å². The Labute approximate surface area is 106 Å². The summed E-state index contributed by atoms with van der Waals surface area (Å²) >= 11 is 0. The summed E-state index contributed by atoms with van der Waals surface area (Å²) < 4.78 is 0. The zero-order valence-electron chi connectivity index (χ0n) is 11.7. The topological polar surface area (TPSA) is 29.3 Å². The van der Waals surface area contributed by atoms with Crippen LogP contribution in [0, 0.1) is 12.8 Å². The first-order chi connectivity index (χ1) is 8.12. The van der Waals surface area contributed by atoms with Crippen LogP contribution in [-0.4, -0.2) is 13.1 Å². The number of nitrogen functional groups attached to an aromatic ring is 1. The molecular formula is C15H26N2. The van der Waals surface area contributed by atoms with E-state index in [2.05, 4.69) is 44.7 Å². The molecule has 0 aliphatic rings. The summed E-state index contributed by atoms with van der Waals surface area (Å²) in [5, 5.41) is 0. The van der Waals surface area contributed by atoms with Crippen LogP contribution in [0.1, 0.15) is 39.2 Å². The monoisotopic (exact) mass is 234 g/mol. The van der Waals surface area contributed by atoms with Gasteiger partial charge in [-0.15, -0.1) is 0 Å². The van der Waals surface area contributed by atoms with Gasteiger partial charge in [0.05, 0.1) is 0 Å². The minimum Gasteiger partial charge on any atom is -0.399 e. The molecule has 0 aliphatic heterocycles. The SMILES string of the molecule is CCC(CC)CN(CC)c1ccc(N)c(C)c1. The normalized spacial score (nSPS) is 10.9. The summed E-state index contributed by atoms with van der Waals surface area (Å²) in [7, 11) is 0. The van der Waals surface area contributed by atoms with Gasteiger partial charge in [-0.1, -0.05) is 26.7 Å². The molecule has 1 rings (SSSR count). The van der Waals surface area contributed by atoms with E-state index in [0.717, 1.165) is 24.7 Å². The minimum atomic E-state index is 0.785. The highest BCUT2D eigenvalue weighted by molar-refractivity contribution is 5.58. The molecule has 0 heterocycles. The first kappa shape index (κ1) is 13.9. The number of rotatable bonds is 6. The Hall–Kier alpha value is -1.18. The third kappa shape index (κ3) is 3.65. The molecule has 0 fully saturated rings. The third-order valence-corrected chi connectivity index (χ3v) is 3.63. The predicted molar refractivity (Wildman–Crippen MR) is 77.6 cm³/mol. The molecule has 17 heavy (non-hydrogen) atoms. The van der Waals surface area contributed by atoms with Gasteiger partial charge in [-0.2, -0.15) is 0 Å². The maximum Gasteiger partial charge on any atom is 0.0370 e. The van der Waals surface area contributed by atoms with E-state index in [9.17, 15) is 0 Å². The van der Waals surface area contributed by atoms with Crippen molar-refractivity contribution in [2.24, 2.45) is 5.92 Å². The first-order valence-electron chi connectivity index (χ1n) is 6.73. The quantitative estimate of drug-likeness (QED) is 0.758. The zero-order chi connectivity index (χ0) is 12.8. The second kappa shape index (κ2) is 6.53. The lowest BCUT2D eigenvalue weighted by molar-refractivity contribution is 0.486. The van der Waals surface area contributed by atoms with E-state index in [1.54, 1.807) is 0 Å². The van der Waals surface area contributed by atoms with Gasteiger partial charge < -0.3 is 10.6 Å². The molecule has 2 N–H and O–H groups in total. The van der Waals surface area contributed by atoms with Crippen molar-refractivity contribution < 1.29 is 0 Å². The fourth-order valence-corrected chi connectivity index (χ4v) is 2.13. The molecule has 2 nitrogen and oxygen atoms in total. The molecule has 0 atom stereocenters. The van der Waals surface area contributed by atoms with Crippen LogP contribution in [0.15, 0.2) is 18.2 Å². The van der Waals surface area contributed by atoms with Gasteiger partial charge in [0.25, 0.3) is 0 Å². The van der Waals surface area contributed by atoms with Crippen LogP contribution < -0.4 is 10.6 Å². The van der Waals surface area contributed by atoms with Crippen LogP contribution in [0.4, 0.5) is 11.4 Å². The molecule has 0 aromatic heterocycles. The van der Waals surface area contributed by atoms with Crippen molar-refractivity contribution in [2.75, 3.05) is 23.7 Å². The average molecular weight is 234 g/mol. The fraction of sp³-hybridized carbons (Fsp3) is 0.600.